The van der Waals surface area contributed by atoms with Crippen molar-refractivity contribution in [1.29, 1.82) is 0 Å². The average molecular weight is 699 g/mol. The quantitative estimate of drug-likeness (QED) is 0.0509. The first-order valence-corrected chi connectivity index (χ1v) is 16.2. The summed E-state index contributed by atoms with van der Waals surface area (Å²) in [6, 6.07) is 0. The normalized spacial score (nSPS) is 15.4. The Morgan fingerprint density at radius 2 is 1.47 bits per heavy atom. The van der Waals surface area contributed by atoms with E-state index in [4.69, 9.17) is 30.6 Å². The van der Waals surface area contributed by atoms with Crippen LogP contribution >= 0.6 is 15.9 Å². The van der Waals surface area contributed by atoms with Crippen LogP contribution in [0.5, 0.6) is 0 Å². The van der Waals surface area contributed by atoms with E-state index in [0.29, 0.717) is 5.92 Å². The highest BCUT2D eigenvalue weighted by molar-refractivity contribution is 9.11. The summed E-state index contributed by atoms with van der Waals surface area (Å²) < 4.78 is 6.29. The molecule has 45 heavy (non-hydrogen) atoms. The zero-order valence-corrected chi connectivity index (χ0v) is 29.1. The third-order valence-electron chi connectivity index (χ3n) is 6.59. The molecule has 1 amide bonds. The second kappa shape index (κ2) is 33.6. The van der Waals surface area contributed by atoms with Gasteiger partial charge in [-0.2, -0.15) is 0 Å². The third-order valence-corrected chi connectivity index (χ3v) is 7.64. The molecule has 0 aromatic rings. The van der Waals surface area contributed by atoms with Gasteiger partial charge in [0.2, 0.25) is 0 Å². The number of allylic oxidation sites excluding steroid dienone is 10. The number of aliphatic hydroxyl groups excluding tert-OH is 1. The molecule has 2 unspecified atom stereocenters. The summed E-state index contributed by atoms with van der Waals surface area (Å²) in [5.41, 5.74) is 6.16. The molecule has 1 aliphatic rings. The van der Waals surface area contributed by atoms with Crippen LogP contribution in [-0.2, 0) is 19.1 Å². The number of amides is 1. The van der Waals surface area contributed by atoms with Crippen LogP contribution in [0.15, 0.2) is 70.8 Å². The Kier molecular flexibility index (Phi) is 34.5. The summed E-state index contributed by atoms with van der Waals surface area (Å²) in [7, 11) is 1.00. The van der Waals surface area contributed by atoms with Gasteiger partial charge in [-0.05, 0) is 61.9 Å². The molecular formula is C35H56BrNO8. The Morgan fingerprint density at radius 1 is 0.911 bits per heavy atom. The van der Waals surface area contributed by atoms with Gasteiger partial charge >= 0.3 is 18.0 Å². The van der Waals surface area contributed by atoms with Gasteiger partial charge in [-0.15, -0.1) is 0 Å². The number of halogens is 1. The van der Waals surface area contributed by atoms with Gasteiger partial charge in [0.15, 0.2) is 0 Å². The molecule has 256 valence electrons. The van der Waals surface area contributed by atoms with Crippen molar-refractivity contribution in [1.82, 2.24) is 0 Å². The molecule has 10 heteroatoms. The van der Waals surface area contributed by atoms with Gasteiger partial charge in [-0.1, -0.05) is 122 Å². The van der Waals surface area contributed by atoms with Crippen LogP contribution in [0, 0.1) is 11.8 Å². The zero-order valence-electron chi connectivity index (χ0n) is 27.5. The predicted octanol–water partition coefficient (Wildman–Crippen LogP) is 8.45. The summed E-state index contributed by atoms with van der Waals surface area (Å²) in [5.74, 6) is -1.14. The molecule has 1 fully saturated rings. The monoisotopic (exact) mass is 697 g/mol. The van der Waals surface area contributed by atoms with Crippen molar-refractivity contribution < 1.29 is 39.2 Å². The van der Waals surface area contributed by atoms with Crippen LogP contribution in [0.1, 0.15) is 97.8 Å². The lowest BCUT2D eigenvalue weighted by atomic mass is 9.90. The maximum atomic E-state index is 11.0. The Balaban J connectivity index is -0.00000113. The lowest BCUT2D eigenvalue weighted by Crippen LogP contribution is -2.21. The van der Waals surface area contributed by atoms with Crippen LogP contribution in [-0.4, -0.2) is 53.4 Å². The highest BCUT2D eigenvalue weighted by atomic mass is 79.9. The second-order valence-corrected chi connectivity index (χ2v) is 11.2. The van der Waals surface area contributed by atoms with E-state index < -0.39 is 18.0 Å². The standard InChI is InChI=1S/C26H38BrNO4.C7H12O2.CH4O.CH2O/c1-4-5-17-23(32-26(28)31)18-9-7-6-8-16-22(3)24(27)19-12-10-14-21(2)15-11-13-20-25(29)30;8-7(9)6-4-2-1-3-5-6;2*1-2/h5,10-15,17,19-20,22-23H,4,6-9,16,18H2,1-3H3,(H2,28,31)(H,29,30);6H,1-5H2,(H,8,9);2H,1H3;1H2/b12-10+,15-11+,17-5+,20-13+,21-14+,24-19-;;;. The van der Waals surface area contributed by atoms with E-state index in [-0.39, 0.29) is 12.0 Å². The van der Waals surface area contributed by atoms with Gasteiger partial charge in [0.25, 0.3) is 0 Å². The number of nitrogens with two attached hydrogens (primary N) is 1. The van der Waals surface area contributed by atoms with E-state index in [1.807, 2.05) is 57.1 Å². The van der Waals surface area contributed by atoms with E-state index in [9.17, 15) is 14.4 Å². The molecule has 0 saturated heterocycles. The summed E-state index contributed by atoms with van der Waals surface area (Å²) >= 11 is 3.67. The predicted molar refractivity (Wildman–Crippen MR) is 186 cm³/mol. The maximum absolute atomic E-state index is 11.0. The van der Waals surface area contributed by atoms with Crippen molar-refractivity contribution in [2.24, 2.45) is 17.6 Å². The lowest BCUT2D eigenvalue weighted by Gasteiger charge is -2.16. The fourth-order valence-electron chi connectivity index (χ4n) is 4.19. The summed E-state index contributed by atoms with van der Waals surface area (Å²) in [4.78, 5) is 39.7. The minimum atomic E-state index is -0.955. The van der Waals surface area contributed by atoms with Crippen molar-refractivity contribution >= 4 is 40.8 Å². The van der Waals surface area contributed by atoms with Crippen LogP contribution in [0.25, 0.3) is 0 Å². The van der Waals surface area contributed by atoms with E-state index in [1.54, 1.807) is 6.08 Å². The molecule has 1 aliphatic carbocycles. The van der Waals surface area contributed by atoms with E-state index in [2.05, 4.69) is 28.9 Å². The average Bonchev–Trinajstić information content (AvgIpc) is 3.03. The van der Waals surface area contributed by atoms with Crippen LogP contribution in [0.2, 0.25) is 0 Å². The number of hydrogen-bond donors (Lipinski definition) is 4. The molecule has 0 bridgehead atoms. The number of carbonyl (C=O) groups is 4. The number of aliphatic carboxylic acids is 2. The van der Waals surface area contributed by atoms with Crippen LogP contribution < -0.4 is 5.73 Å². The molecular weight excluding hydrogens is 642 g/mol. The fourth-order valence-corrected chi connectivity index (χ4v) is 4.57. The number of ether oxygens (including phenoxy) is 1. The molecule has 0 aromatic carbocycles. The highest BCUT2D eigenvalue weighted by Crippen LogP contribution is 2.24. The van der Waals surface area contributed by atoms with Crippen LogP contribution in [0.4, 0.5) is 4.79 Å². The number of unbranched alkanes of at least 4 members (excludes halogenated alkanes) is 3. The molecule has 0 aliphatic heterocycles. The Morgan fingerprint density at radius 3 is 1.98 bits per heavy atom. The number of carboxylic acid groups (broad SMARTS) is 2. The first-order valence-electron chi connectivity index (χ1n) is 15.4. The molecule has 0 radical (unpaired) electrons. The van der Waals surface area contributed by atoms with Gasteiger partial charge in [0, 0.05) is 13.2 Å². The largest absolute Gasteiger partial charge is 0.481 e. The number of carboxylic acids is 2. The number of rotatable bonds is 17. The second-order valence-electron chi connectivity index (χ2n) is 10.3. The topological polar surface area (TPSA) is 164 Å². The molecule has 0 spiro atoms. The van der Waals surface area contributed by atoms with Gasteiger partial charge < -0.3 is 30.6 Å². The first kappa shape index (κ1) is 46.2. The van der Waals surface area contributed by atoms with Crippen molar-refractivity contribution in [3.8, 4) is 0 Å². The van der Waals surface area contributed by atoms with Crippen molar-refractivity contribution in [3.05, 3.63) is 70.8 Å². The molecule has 0 heterocycles. The van der Waals surface area contributed by atoms with Crippen molar-refractivity contribution in [2.75, 3.05) is 7.11 Å². The minimum absolute atomic E-state index is 0.0289. The minimum Gasteiger partial charge on any atom is -0.481 e. The fraction of sp³-hybridized carbons (Fsp3) is 0.543. The maximum Gasteiger partial charge on any atom is 0.405 e. The molecule has 5 N–H and O–H groups in total. The Bertz CT molecular complexity index is 963. The Hall–Kier alpha value is -3.24. The van der Waals surface area contributed by atoms with E-state index in [0.717, 1.165) is 89.4 Å². The van der Waals surface area contributed by atoms with Gasteiger partial charge in [-0.25, -0.2) is 9.59 Å². The summed E-state index contributed by atoms with van der Waals surface area (Å²) in [5, 5.41) is 24.1. The number of carbonyl (C=O) groups excluding carboxylic acids is 2. The summed E-state index contributed by atoms with van der Waals surface area (Å²) in [6.45, 7) is 8.21. The lowest BCUT2D eigenvalue weighted by molar-refractivity contribution is -0.142. The number of aliphatic hydroxyl groups is 1. The van der Waals surface area contributed by atoms with Gasteiger partial charge in [0.1, 0.15) is 12.9 Å². The third kappa shape index (κ3) is 32.0. The van der Waals surface area contributed by atoms with E-state index >= 15 is 0 Å². The van der Waals surface area contributed by atoms with Crippen molar-refractivity contribution in [3.63, 3.8) is 0 Å². The highest BCUT2D eigenvalue weighted by Gasteiger charge is 2.19. The molecule has 1 rings (SSSR count). The molecule has 0 aromatic heterocycles. The number of hydrogen-bond acceptors (Lipinski definition) is 6. The van der Waals surface area contributed by atoms with Crippen molar-refractivity contribution in [2.45, 2.75) is 104 Å². The first-order chi connectivity index (χ1) is 21.6. The summed E-state index contributed by atoms with van der Waals surface area (Å²) in [6.07, 6.45) is 29.6. The molecule has 9 nitrogen and oxygen atoms in total. The SMILES string of the molecule is C=O.CC/C=C/C(CCCCCCC(C)/C(Br)=C/C=C/C=C(C)/C=C/C=C/C(=O)O)OC(N)=O.CO.O=C(O)C1CCCCC1. The zero-order chi connectivity index (χ0) is 34.9. The van der Waals surface area contributed by atoms with E-state index in [1.165, 1.54) is 17.0 Å². The van der Waals surface area contributed by atoms with Crippen LogP contribution in [0.3, 0.4) is 0 Å². The number of primary amides is 1. The Labute approximate surface area is 278 Å². The molecule has 2 atom stereocenters. The smallest absolute Gasteiger partial charge is 0.405 e. The van der Waals surface area contributed by atoms with Gasteiger partial charge in [-0.3, -0.25) is 4.79 Å². The molecule has 1 saturated carbocycles. The van der Waals surface area contributed by atoms with Gasteiger partial charge in [0.05, 0.1) is 5.92 Å².